The Morgan fingerprint density at radius 3 is 2.94 bits per heavy atom. The summed E-state index contributed by atoms with van der Waals surface area (Å²) in [6.07, 6.45) is 0.704. The lowest BCUT2D eigenvalue weighted by atomic mass is 10.2. The van der Waals surface area contributed by atoms with Gasteiger partial charge in [0.25, 0.3) is 0 Å². The standard InChI is InChI=1S/C12H13BrINO3/c13-9-5-7(14)1-3-10(9)15-6-8-2-4-11(18-8)12(16)17/h1,3,5,8,11,15H,2,4,6H2,(H,16,17). The fraction of sp³-hybridized carbons (Fsp3) is 0.417. The molecule has 2 atom stereocenters. The van der Waals surface area contributed by atoms with Crippen molar-refractivity contribution in [2.75, 3.05) is 11.9 Å². The quantitative estimate of drug-likeness (QED) is 0.728. The van der Waals surface area contributed by atoms with Crippen molar-refractivity contribution in [3.05, 3.63) is 26.2 Å². The predicted octanol–water partition coefficient (Wildman–Crippen LogP) is 3.10. The fourth-order valence-electron chi connectivity index (χ4n) is 1.89. The van der Waals surface area contributed by atoms with Gasteiger partial charge >= 0.3 is 5.97 Å². The molecule has 0 bridgehead atoms. The maximum absolute atomic E-state index is 10.8. The fourth-order valence-corrected chi connectivity index (χ4v) is 3.33. The van der Waals surface area contributed by atoms with Crippen molar-refractivity contribution in [3.8, 4) is 0 Å². The van der Waals surface area contributed by atoms with Gasteiger partial charge in [-0.15, -0.1) is 0 Å². The summed E-state index contributed by atoms with van der Waals surface area (Å²) < 4.78 is 7.59. The van der Waals surface area contributed by atoms with E-state index < -0.39 is 12.1 Å². The van der Waals surface area contributed by atoms with Gasteiger partial charge in [0.2, 0.25) is 0 Å². The molecule has 6 heteroatoms. The number of carbonyl (C=O) groups is 1. The van der Waals surface area contributed by atoms with Gasteiger partial charge in [0, 0.05) is 20.3 Å². The zero-order valence-electron chi connectivity index (χ0n) is 9.53. The first kappa shape index (κ1) is 14.1. The lowest BCUT2D eigenvalue weighted by molar-refractivity contribution is -0.149. The number of halogens is 2. The van der Waals surface area contributed by atoms with Crippen LogP contribution in [0.1, 0.15) is 12.8 Å². The second kappa shape index (κ2) is 6.21. The maximum atomic E-state index is 10.8. The molecule has 1 saturated heterocycles. The normalized spacial score (nSPS) is 23.0. The molecule has 2 N–H and O–H groups in total. The Morgan fingerprint density at radius 2 is 2.33 bits per heavy atom. The lowest BCUT2D eigenvalue weighted by Crippen LogP contribution is -2.24. The number of hydrogen-bond acceptors (Lipinski definition) is 3. The molecule has 1 fully saturated rings. The van der Waals surface area contributed by atoms with Crippen LogP contribution in [0.2, 0.25) is 0 Å². The molecular weight excluding hydrogens is 413 g/mol. The van der Waals surface area contributed by atoms with Crippen molar-refractivity contribution in [2.24, 2.45) is 0 Å². The SMILES string of the molecule is O=C(O)C1CCC(CNc2ccc(I)cc2Br)O1. The highest BCUT2D eigenvalue weighted by Crippen LogP contribution is 2.26. The molecule has 0 aromatic heterocycles. The average Bonchev–Trinajstić information content (AvgIpc) is 2.76. The molecule has 1 aromatic carbocycles. The molecular formula is C12H13BrINO3. The third-order valence-electron chi connectivity index (χ3n) is 2.83. The van der Waals surface area contributed by atoms with Crippen LogP contribution in [-0.2, 0) is 9.53 Å². The zero-order valence-corrected chi connectivity index (χ0v) is 13.3. The Bertz CT molecular complexity index is 455. The van der Waals surface area contributed by atoms with Crippen LogP contribution in [0.25, 0.3) is 0 Å². The Labute approximate surface area is 127 Å². The van der Waals surface area contributed by atoms with Crippen LogP contribution in [0.4, 0.5) is 5.69 Å². The van der Waals surface area contributed by atoms with Crippen LogP contribution in [0.5, 0.6) is 0 Å². The number of aliphatic carboxylic acids is 1. The molecule has 2 unspecified atom stereocenters. The Balaban J connectivity index is 1.87. The van der Waals surface area contributed by atoms with Gasteiger partial charge in [-0.25, -0.2) is 4.79 Å². The second-order valence-corrected chi connectivity index (χ2v) is 6.27. The molecule has 0 amide bonds. The summed E-state index contributed by atoms with van der Waals surface area (Å²) in [6, 6.07) is 6.04. The second-order valence-electron chi connectivity index (χ2n) is 4.17. The van der Waals surface area contributed by atoms with E-state index in [0.717, 1.165) is 20.2 Å². The van der Waals surface area contributed by atoms with Crippen molar-refractivity contribution in [1.82, 2.24) is 0 Å². The van der Waals surface area contributed by atoms with Crippen LogP contribution in [0, 0.1) is 3.57 Å². The highest BCUT2D eigenvalue weighted by atomic mass is 127. The van der Waals surface area contributed by atoms with Gasteiger partial charge in [0.1, 0.15) is 0 Å². The van der Waals surface area contributed by atoms with Crippen LogP contribution >= 0.6 is 38.5 Å². The number of carboxylic acid groups (broad SMARTS) is 1. The Morgan fingerprint density at radius 1 is 1.56 bits per heavy atom. The summed E-state index contributed by atoms with van der Waals surface area (Å²) in [4.78, 5) is 10.8. The van der Waals surface area contributed by atoms with Crippen molar-refractivity contribution < 1.29 is 14.6 Å². The van der Waals surface area contributed by atoms with Crippen molar-refractivity contribution >= 4 is 50.2 Å². The van der Waals surface area contributed by atoms with E-state index in [2.05, 4.69) is 43.8 Å². The van der Waals surface area contributed by atoms with Gasteiger partial charge in [-0.1, -0.05) is 0 Å². The van der Waals surface area contributed by atoms with Crippen molar-refractivity contribution in [2.45, 2.75) is 25.0 Å². The van der Waals surface area contributed by atoms with Crippen LogP contribution in [0.3, 0.4) is 0 Å². The average molecular weight is 426 g/mol. The van der Waals surface area contributed by atoms with Crippen molar-refractivity contribution in [1.29, 1.82) is 0 Å². The minimum atomic E-state index is -0.868. The molecule has 0 aliphatic carbocycles. The summed E-state index contributed by atoms with van der Waals surface area (Å²) in [5, 5.41) is 12.1. The van der Waals surface area contributed by atoms with Gasteiger partial charge in [-0.3, -0.25) is 0 Å². The number of nitrogens with one attached hydrogen (secondary N) is 1. The number of ether oxygens (including phenoxy) is 1. The third kappa shape index (κ3) is 3.58. The maximum Gasteiger partial charge on any atom is 0.332 e. The van der Waals surface area contributed by atoms with Crippen LogP contribution in [0.15, 0.2) is 22.7 Å². The first-order chi connectivity index (χ1) is 8.56. The van der Waals surface area contributed by atoms with Gasteiger partial charge in [0.15, 0.2) is 6.10 Å². The molecule has 0 radical (unpaired) electrons. The zero-order chi connectivity index (χ0) is 13.1. The Kier molecular flexibility index (Phi) is 4.85. The highest BCUT2D eigenvalue weighted by molar-refractivity contribution is 14.1. The van der Waals surface area contributed by atoms with E-state index in [0.29, 0.717) is 13.0 Å². The molecule has 1 aliphatic rings. The molecule has 98 valence electrons. The van der Waals surface area contributed by atoms with E-state index in [9.17, 15) is 4.79 Å². The molecule has 0 spiro atoms. The first-order valence-electron chi connectivity index (χ1n) is 5.63. The van der Waals surface area contributed by atoms with E-state index >= 15 is 0 Å². The lowest BCUT2D eigenvalue weighted by Gasteiger charge is -2.14. The van der Waals surface area contributed by atoms with Crippen LogP contribution < -0.4 is 5.32 Å². The highest BCUT2D eigenvalue weighted by Gasteiger charge is 2.30. The van der Waals surface area contributed by atoms with E-state index in [1.165, 1.54) is 0 Å². The number of anilines is 1. The topological polar surface area (TPSA) is 58.6 Å². The van der Waals surface area contributed by atoms with E-state index in [4.69, 9.17) is 9.84 Å². The predicted molar refractivity (Wildman–Crippen MR) is 80.9 cm³/mol. The largest absolute Gasteiger partial charge is 0.479 e. The summed E-state index contributed by atoms with van der Waals surface area (Å²) in [6.45, 7) is 0.628. The molecule has 1 heterocycles. The molecule has 1 aliphatic heterocycles. The first-order valence-corrected chi connectivity index (χ1v) is 7.50. The van der Waals surface area contributed by atoms with E-state index in [1.54, 1.807) is 0 Å². The van der Waals surface area contributed by atoms with Gasteiger partial charge in [-0.2, -0.15) is 0 Å². The molecule has 2 rings (SSSR count). The van der Waals surface area contributed by atoms with Gasteiger partial charge in [0.05, 0.1) is 6.10 Å². The smallest absolute Gasteiger partial charge is 0.332 e. The number of carboxylic acids is 1. The minimum absolute atomic E-state index is 0.0303. The number of benzene rings is 1. The summed E-state index contributed by atoms with van der Waals surface area (Å²) in [5.41, 5.74) is 0.998. The van der Waals surface area contributed by atoms with E-state index in [1.807, 2.05) is 18.2 Å². The molecule has 1 aromatic rings. The summed E-state index contributed by atoms with van der Waals surface area (Å²) >= 11 is 5.74. The van der Waals surface area contributed by atoms with E-state index in [-0.39, 0.29) is 6.10 Å². The molecule has 0 saturated carbocycles. The van der Waals surface area contributed by atoms with Gasteiger partial charge in [-0.05, 0) is 69.6 Å². The van der Waals surface area contributed by atoms with Crippen molar-refractivity contribution in [3.63, 3.8) is 0 Å². The summed E-state index contributed by atoms with van der Waals surface area (Å²) in [5.74, 6) is -0.868. The van der Waals surface area contributed by atoms with Crippen LogP contribution in [-0.4, -0.2) is 29.8 Å². The minimum Gasteiger partial charge on any atom is -0.479 e. The molecule has 18 heavy (non-hydrogen) atoms. The summed E-state index contributed by atoms with van der Waals surface area (Å²) in [7, 11) is 0. The molecule has 4 nitrogen and oxygen atoms in total. The Hall–Kier alpha value is -0.340. The monoisotopic (exact) mass is 425 g/mol. The number of hydrogen-bond donors (Lipinski definition) is 2. The number of rotatable bonds is 4. The van der Waals surface area contributed by atoms with Gasteiger partial charge < -0.3 is 15.2 Å². The third-order valence-corrected chi connectivity index (χ3v) is 4.16.